The summed E-state index contributed by atoms with van der Waals surface area (Å²) < 4.78 is 4.86. The number of carbonyl (C=O) groups is 1. The van der Waals surface area contributed by atoms with Crippen LogP contribution in [0.2, 0.25) is 0 Å². The lowest BCUT2D eigenvalue weighted by atomic mass is 9.97. The van der Waals surface area contributed by atoms with Gasteiger partial charge in [0.1, 0.15) is 0 Å². The zero-order valence-electron chi connectivity index (χ0n) is 11.7. The highest BCUT2D eigenvalue weighted by Crippen LogP contribution is 2.17. The molecule has 0 spiro atoms. The summed E-state index contributed by atoms with van der Waals surface area (Å²) in [7, 11) is 1.48. The van der Waals surface area contributed by atoms with Crippen LogP contribution < -0.4 is 0 Å². The van der Waals surface area contributed by atoms with Crippen molar-refractivity contribution in [2.24, 2.45) is 10.9 Å². The first-order valence-electron chi connectivity index (χ1n) is 7.40. The van der Waals surface area contributed by atoms with E-state index in [1.165, 1.54) is 52.1 Å². The number of ether oxygens (including phenoxy) is 1. The minimum absolute atomic E-state index is 0.0155. The molecule has 0 aliphatic carbocycles. The van der Waals surface area contributed by atoms with Gasteiger partial charge in [0.25, 0.3) is 0 Å². The number of hydrogen-bond acceptors (Lipinski definition) is 3. The quantitative estimate of drug-likeness (QED) is 0.667. The summed E-state index contributed by atoms with van der Waals surface area (Å²) in [5.74, 6) is -0.0600. The monoisotopic (exact) mass is 253 g/mol. The van der Waals surface area contributed by atoms with Crippen molar-refractivity contribution in [2.75, 3.05) is 13.7 Å². The van der Waals surface area contributed by atoms with Gasteiger partial charge in [0.05, 0.1) is 13.0 Å². The third kappa shape index (κ3) is 6.77. The third-order valence-corrected chi connectivity index (χ3v) is 3.64. The van der Waals surface area contributed by atoms with E-state index >= 15 is 0 Å². The molecule has 0 fully saturated rings. The first-order chi connectivity index (χ1) is 8.84. The molecule has 3 nitrogen and oxygen atoms in total. The molecule has 3 heteroatoms. The van der Waals surface area contributed by atoms with Gasteiger partial charge in [0.2, 0.25) is 0 Å². The van der Waals surface area contributed by atoms with E-state index in [0.717, 1.165) is 25.8 Å². The largest absolute Gasteiger partial charge is 0.469 e. The Kier molecular flexibility index (Phi) is 8.53. The lowest BCUT2D eigenvalue weighted by molar-refractivity contribution is -0.145. The van der Waals surface area contributed by atoms with Crippen LogP contribution in [0.4, 0.5) is 0 Å². The summed E-state index contributed by atoms with van der Waals surface area (Å²) >= 11 is 0. The Morgan fingerprint density at radius 1 is 1.06 bits per heavy atom. The van der Waals surface area contributed by atoms with Crippen LogP contribution in [0.25, 0.3) is 0 Å². The molecule has 104 valence electrons. The van der Waals surface area contributed by atoms with E-state index < -0.39 is 0 Å². The topological polar surface area (TPSA) is 38.7 Å². The number of nitrogens with zero attached hydrogens (tertiary/aromatic N) is 1. The molecule has 1 unspecified atom stereocenters. The lowest BCUT2D eigenvalue weighted by Crippen LogP contribution is -2.16. The number of methoxy groups -OCH3 is 1. The maximum absolute atomic E-state index is 11.6. The minimum Gasteiger partial charge on any atom is -0.469 e. The molecule has 18 heavy (non-hydrogen) atoms. The van der Waals surface area contributed by atoms with Gasteiger partial charge in [0.15, 0.2) is 0 Å². The van der Waals surface area contributed by atoms with Crippen LogP contribution in [0.3, 0.4) is 0 Å². The van der Waals surface area contributed by atoms with Crippen molar-refractivity contribution in [3.8, 4) is 0 Å². The Balaban J connectivity index is 2.40. The highest BCUT2D eigenvalue weighted by molar-refractivity contribution is 5.76. The molecule has 1 atom stereocenters. The van der Waals surface area contributed by atoms with E-state index in [4.69, 9.17) is 4.74 Å². The van der Waals surface area contributed by atoms with Crippen molar-refractivity contribution in [1.29, 1.82) is 0 Å². The normalized spacial score (nSPS) is 24.2. The Morgan fingerprint density at radius 3 is 2.33 bits per heavy atom. The first-order valence-corrected chi connectivity index (χ1v) is 7.40. The van der Waals surface area contributed by atoms with Crippen molar-refractivity contribution in [3.63, 3.8) is 0 Å². The molecule has 0 aromatic carbocycles. The van der Waals surface area contributed by atoms with Crippen LogP contribution in [0.15, 0.2) is 4.99 Å². The van der Waals surface area contributed by atoms with Gasteiger partial charge in [-0.2, -0.15) is 0 Å². The zero-order valence-corrected chi connectivity index (χ0v) is 11.7. The summed E-state index contributed by atoms with van der Waals surface area (Å²) in [4.78, 5) is 16.0. The van der Waals surface area contributed by atoms with Crippen LogP contribution in [0.1, 0.15) is 64.2 Å². The molecule has 0 bridgehead atoms. The fraction of sp³-hybridized carbons (Fsp3) is 0.867. The molecular formula is C15H27NO2. The highest BCUT2D eigenvalue weighted by Gasteiger charge is 2.17. The second-order valence-electron chi connectivity index (χ2n) is 5.16. The molecule has 1 rings (SSSR count). The molecule has 0 amide bonds. The van der Waals surface area contributed by atoms with Crippen LogP contribution >= 0.6 is 0 Å². The first kappa shape index (κ1) is 15.2. The Hall–Kier alpha value is -0.860. The predicted molar refractivity (Wildman–Crippen MR) is 75.0 cm³/mol. The fourth-order valence-corrected chi connectivity index (χ4v) is 2.45. The number of esters is 1. The summed E-state index contributed by atoms with van der Waals surface area (Å²) in [6.07, 6.45) is 13.8. The van der Waals surface area contributed by atoms with Gasteiger partial charge in [-0.25, -0.2) is 0 Å². The zero-order chi connectivity index (χ0) is 13.1. The van der Waals surface area contributed by atoms with E-state index in [-0.39, 0.29) is 11.9 Å². The molecule has 0 aromatic rings. The SMILES string of the molecule is COC(=O)C1CC=NCCCCCCCCCC1. The Morgan fingerprint density at radius 2 is 1.67 bits per heavy atom. The summed E-state index contributed by atoms with van der Waals surface area (Å²) in [6.45, 7) is 0.911. The lowest BCUT2D eigenvalue weighted by Gasteiger charge is -2.12. The highest BCUT2D eigenvalue weighted by atomic mass is 16.5. The standard InChI is InChI=1S/C15H27NO2/c1-18-15(17)14-10-8-6-4-2-3-5-7-9-12-16-13-11-14/h13-14H,2-12H2,1H3. The van der Waals surface area contributed by atoms with Crippen molar-refractivity contribution in [2.45, 2.75) is 64.2 Å². The number of carbonyl (C=O) groups excluding carboxylic acids is 1. The summed E-state index contributed by atoms with van der Waals surface area (Å²) in [5, 5.41) is 0. The van der Waals surface area contributed by atoms with Gasteiger partial charge >= 0.3 is 5.97 Å². The van der Waals surface area contributed by atoms with Crippen LogP contribution in [0, 0.1) is 5.92 Å². The van der Waals surface area contributed by atoms with E-state index in [2.05, 4.69) is 4.99 Å². The number of hydrogen-bond donors (Lipinski definition) is 0. The molecule has 1 aliphatic rings. The van der Waals surface area contributed by atoms with Gasteiger partial charge in [-0.15, -0.1) is 0 Å². The Bertz CT molecular complexity index is 251. The number of rotatable bonds is 1. The van der Waals surface area contributed by atoms with Gasteiger partial charge in [0, 0.05) is 6.54 Å². The fourth-order valence-electron chi connectivity index (χ4n) is 2.45. The van der Waals surface area contributed by atoms with Gasteiger partial charge in [-0.05, 0) is 25.5 Å². The van der Waals surface area contributed by atoms with E-state index in [1.807, 2.05) is 6.21 Å². The molecule has 0 aromatic heterocycles. The number of aliphatic imine (C=N–C) groups is 1. The van der Waals surface area contributed by atoms with Crippen molar-refractivity contribution < 1.29 is 9.53 Å². The predicted octanol–water partition coefficient (Wildman–Crippen LogP) is 3.76. The van der Waals surface area contributed by atoms with E-state index in [9.17, 15) is 4.79 Å². The van der Waals surface area contributed by atoms with Crippen LogP contribution in [-0.4, -0.2) is 25.8 Å². The maximum atomic E-state index is 11.6. The van der Waals surface area contributed by atoms with Crippen molar-refractivity contribution >= 4 is 12.2 Å². The van der Waals surface area contributed by atoms with Gasteiger partial charge < -0.3 is 4.74 Å². The molecule has 0 radical (unpaired) electrons. The van der Waals surface area contributed by atoms with Crippen LogP contribution in [-0.2, 0) is 9.53 Å². The average molecular weight is 253 g/mol. The van der Waals surface area contributed by atoms with Crippen molar-refractivity contribution in [3.05, 3.63) is 0 Å². The summed E-state index contributed by atoms with van der Waals surface area (Å²) in [6, 6.07) is 0. The Labute approximate surface area is 111 Å². The van der Waals surface area contributed by atoms with Crippen molar-refractivity contribution in [1.82, 2.24) is 0 Å². The second-order valence-corrected chi connectivity index (χ2v) is 5.16. The van der Waals surface area contributed by atoms with Gasteiger partial charge in [-0.3, -0.25) is 9.79 Å². The average Bonchev–Trinajstić information content (AvgIpc) is 2.40. The molecule has 1 aliphatic heterocycles. The molecule has 0 saturated heterocycles. The summed E-state index contributed by atoms with van der Waals surface area (Å²) in [5.41, 5.74) is 0. The smallest absolute Gasteiger partial charge is 0.309 e. The molecule has 0 N–H and O–H groups in total. The van der Waals surface area contributed by atoms with Crippen LogP contribution in [0.5, 0.6) is 0 Å². The molecule has 0 saturated carbocycles. The second kappa shape index (κ2) is 10.1. The molecule has 1 heterocycles. The maximum Gasteiger partial charge on any atom is 0.309 e. The molecular weight excluding hydrogens is 226 g/mol. The minimum atomic E-state index is -0.0754. The van der Waals surface area contributed by atoms with Gasteiger partial charge in [-0.1, -0.05) is 44.9 Å². The van der Waals surface area contributed by atoms with E-state index in [0.29, 0.717) is 0 Å². The third-order valence-electron chi connectivity index (χ3n) is 3.64. The van der Waals surface area contributed by atoms with E-state index in [1.54, 1.807) is 0 Å².